The lowest BCUT2D eigenvalue weighted by Gasteiger charge is -1.99. The minimum absolute atomic E-state index is 0.680. The summed E-state index contributed by atoms with van der Waals surface area (Å²) in [5, 5.41) is 8.37. The first kappa shape index (κ1) is 9.52. The van der Waals surface area contributed by atoms with Crippen molar-refractivity contribution in [3.05, 3.63) is 47.5 Å². The molecule has 68 valence electrons. The van der Waals surface area contributed by atoms with Crippen molar-refractivity contribution in [2.24, 2.45) is 0 Å². The van der Waals surface area contributed by atoms with Gasteiger partial charge in [0.25, 0.3) is 0 Å². The van der Waals surface area contributed by atoms with E-state index in [1.807, 2.05) is 31.2 Å². The molecule has 1 aromatic carbocycles. The molecule has 0 aromatic heterocycles. The monoisotopic (exact) mass is 176 g/mol. The van der Waals surface area contributed by atoms with Gasteiger partial charge in [-0.1, -0.05) is 30.3 Å². The molecule has 0 aliphatic rings. The Labute approximate surface area is 77.5 Å². The Kier molecular flexibility index (Phi) is 3.26. The third-order valence-electron chi connectivity index (χ3n) is 1.86. The predicted molar refractivity (Wildman–Crippen MR) is 51.7 cm³/mol. The first-order valence-electron chi connectivity index (χ1n) is 4.14. The van der Waals surface area contributed by atoms with Crippen LogP contribution in [0, 0.1) is 6.92 Å². The van der Waals surface area contributed by atoms with Gasteiger partial charge in [-0.3, -0.25) is 0 Å². The normalized spacial score (nSPS) is 10.5. The number of allylic oxidation sites excluding steroid dienone is 1. The highest BCUT2D eigenvalue weighted by Crippen LogP contribution is 2.07. The summed E-state index contributed by atoms with van der Waals surface area (Å²) >= 11 is 0. The smallest absolute Gasteiger partial charge is 0.327 e. The zero-order valence-electron chi connectivity index (χ0n) is 7.53. The van der Waals surface area contributed by atoms with Crippen molar-refractivity contribution in [1.82, 2.24) is 0 Å². The number of aliphatic carboxylic acids is 1. The molecule has 0 aliphatic carbocycles. The highest BCUT2D eigenvalue weighted by atomic mass is 16.4. The molecule has 0 amide bonds. The van der Waals surface area contributed by atoms with Crippen molar-refractivity contribution in [1.29, 1.82) is 0 Å². The fraction of sp³-hybridized carbons (Fsp3) is 0.182. The van der Waals surface area contributed by atoms with Gasteiger partial charge in [-0.25, -0.2) is 4.79 Å². The Morgan fingerprint density at radius 3 is 2.77 bits per heavy atom. The molecule has 0 fully saturated rings. The largest absolute Gasteiger partial charge is 0.478 e. The number of carboxylic acid groups (broad SMARTS) is 1. The molecule has 0 saturated carbocycles. The summed E-state index contributed by atoms with van der Waals surface area (Å²) in [7, 11) is 0. The van der Waals surface area contributed by atoms with Crippen LogP contribution in [0.3, 0.4) is 0 Å². The topological polar surface area (TPSA) is 37.3 Å². The molecule has 2 heteroatoms. The van der Waals surface area contributed by atoms with Gasteiger partial charge in [0.2, 0.25) is 0 Å². The van der Waals surface area contributed by atoms with E-state index < -0.39 is 5.97 Å². The maximum Gasteiger partial charge on any atom is 0.327 e. The Balaban J connectivity index is 2.64. The quantitative estimate of drug-likeness (QED) is 0.717. The van der Waals surface area contributed by atoms with Crippen LogP contribution in [0.1, 0.15) is 11.1 Å². The van der Waals surface area contributed by atoms with Gasteiger partial charge >= 0.3 is 5.97 Å². The van der Waals surface area contributed by atoms with E-state index >= 15 is 0 Å². The third-order valence-corrected chi connectivity index (χ3v) is 1.86. The lowest BCUT2D eigenvalue weighted by molar-refractivity contribution is -0.131. The van der Waals surface area contributed by atoms with Gasteiger partial charge in [-0.05, 0) is 24.5 Å². The zero-order valence-corrected chi connectivity index (χ0v) is 7.53. The molecule has 0 bridgehead atoms. The average molecular weight is 176 g/mol. The lowest BCUT2D eigenvalue weighted by atomic mass is 10.1. The summed E-state index contributed by atoms with van der Waals surface area (Å²) in [6, 6.07) is 7.95. The van der Waals surface area contributed by atoms with Gasteiger partial charge in [0.05, 0.1) is 0 Å². The van der Waals surface area contributed by atoms with E-state index in [9.17, 15) is 4.79 Å². The Morgan fingerprint density at radius 2 is 2.15 bits per heavy atom. The van der Waals surface area contributed by atoms with Crippen LogP contribution in [0.5, 0.6) is 0 Å². The molecule has 0 spiro atoms. The van der Waals surface area contributed by atoms with Crippen molar-refractivity contribution in [3.63, 3.8) is 0 Å². The second kappa shape index (κ2) is 4.45. The number of hydrogen-bond acceptors (Lipinski definition) is 1. The third kappa shape index (κ3) is 3.11. The first-order valence-corrected chi connectivity index (χ1v) is 4.14. The van der Waals surface area contributed by atoms with Crippen molar-refractivity contribution >= 4 is 5.97 Å². The fourth-order valence-corrected chi connectivity index (χ4v) is 1.13. The van der Waals surface area contributed by atoms with E-state index in [-0.39, 0.29) is 0 Å². The van der Waals surface area contributed by atoms with Crippen LogP contribution >= 0.6 is 0 Å². The van der Waals surface area contributed by atoms with Gasteiger partial charge in [-0.2, -0.15) is 0 Å². The molecular formula is C11H12O2. The summed E-state index contributed by atoms with van der Waals surface area (Å²) in [4.78, 5) is 10.2. The van der Waals surface area contributed by atoms with Crippen LogP contribution in [0.2, 0.25) is 0 Å². The summed E-state index contributed by atoms with van der Waals surface area (Å²) in [6.07, 6.45) is 3.51. The Bertz CT molecular complexity index is 327. The molecule has 0 aliphatic heterocycles. The van der Waals surface area contributed by atoms with Crippen LogP contribution in [0.25, 0.3) is 0 Å². The first-order chi connectivity index (χ1) is 6.20. The molecule has 0 saturated heterocycles. The van der Waals surface area contributed by atoms with Crippen molar-refractivity contribution < 1.29 is 9.90 Å². The van der Waals surface area contributed by atoms with Gasteiger partial charge in [0.1, 0.15) is 0 Å². The second-order valence-electron chi connectivity index (χ2n) is 2.87. The standard InChI is InChI=1S/C11H12O2/c1-9-5-2-3-6-10(9)7-4-8-11(12)13/h2-6,8H,7H2,1H3,(H,12,13)/b8-4+. The van der Waals surface area contributed by atoms with E-state index in [1.54, 1.807) is 6.08 Å². The van der Waals surface area contributed by atoms with E-state index in [0.29, 0.717) is 6.42 Å². The second-order valence-corrected chi connectivity index (χ2v) is 2.87. The highest BCUT2D eigenvalue weighted by molar-refractivity contribution is 5.79. The van der Waals surface area contributed by atoms with E-state index in [0.717, 1.165) is 0 Å². The maximum absolute atomic E-state index is 10.2. The number of rotatable bonds is 3. The molecule has 0 heterocycles. The number of hydrogen-bond donors (Lipinski definition) is 1. The van der Waals surface area contributed by atoms with Gasteiger partial charge < -0.3 is 5.11 Å². The molecule has 0 radical (unpaired) electrons. The number of carbonyl (C=O) groups is 1. The van der Waals surface area contributed by atoms with Crippen molar-refractivity contribution in [3.8, 4) is 0 Å². The fourth-order valence-electron chi connectivity index (χ4n) is 1.13. The average Bonchev–Trinajstić information content (AvgIpc) is 2.08. The minimum atomic E-state index is -0.895. The summed E-state index contributed by atoms with van der Waals surface area (Å²) < 4.78 is 0. The molecule has 2 nitrogen and oxygen atoms in total. The molecule has 0 atom stereocenters. The highest BCUT2D eigenvalue weighted by Gasteiger charge is 1.93. The molecule has 1 rings (SSSR count). The van der Waals surface area contributed by atoms with E-state index in [4.69, 9.17) is 5.11 Å². The predicted octanol–water partition coefficient (Wildman–Crippen LogP) is 2.18. The van der Waals surface area contributed by atoms with Gasteiger partial charge in [-0.15, -0.1) is 0 Å². The molecule has 13 heavy (non-hydrogen) atoms. The molecular weight excluding hydrogens is 164 g/mol. The van der Waals surface area contributed by atoms with Gasteiger partial charge in [0.15, 0.2) is 0 Å². The van der Waals surface area contributed by atoms with Crippen LogP contribution in [-0.2, 0) is 11.2 Å². The van der Waals surface area contributed by atoms with Crippen LogP contribution in [0.4, 0.5) is 0 Å². The lowest BCUT2D eigenvalue weighted by Crippen LogP contribution is -1.89. The van der Waals surface area contributed by atoms with Crippen molar-refractivity contribution in [2.75, 3.05) is 0 Å². The number of aryl methyl sites for hydroxylation is 1. The van der Waals surface area contributed by atoms with Crippen LogP contribution in [-0.4, -0.2) is 11.1 Å². The Hall–Kier alpha value is -1.57. The Morgan fingerprint density at radius 1 is 1.46 bits per heavy atom. The minimum Gasteiger partial charge on any atom is -0.478 e. The summed E-state index contributed by atoms with van der Waals surface area (Å²) in [5.41, 5.74) is 2.36. The van der Waals surface area contributed by atoms with Crippen molar-refractivity contribution in [2.45, 2.75) is 13.3 Å². The number of benzene rings is 1. The molecule has 1 N–H and O–H groups in total. The van der Waals surface area contributed by atoms with Crippen LogP contribution < -0.4 is 0 Å². The number of carboxylic acids is 1. The maximum atomic E-state index is 10.2. The van der Waals surface area contributed by atoms with Gasteiger partial charge in [0, 0.05) is 6.08 Å². The van der Waals surface area contributed by atoms with Crippen LogP contribution in [0.15, 0.2) is 36.4 Å². The summed E-state index contributed by atoms with van der Waals surface area (Å²) in [6.45, 7) is 2.02. The summed E-state index contributed by atoms with van der Waals surface area (Å²) in [5.74, 6) is -0.895. The zero-order chi connectivity index (χ0) is 9.68. The molecule has 0 unspecified atom stereocenters. The molecule has 1 aromatic rings. The SMILES string of the molecule is Cc1ccccc1C/C=C/C(=O)O. The van der Waals surface area contributed by atoms with E-state index in [2.05, 4.69) is 0 Å². The van der Waals surface area contributed by atoms with E-state index in [1.165, 1.54) is 17.2 Å².